The molecule has 5 nitrogen and oxygen atoms in total. The largest absolute Gasteiger partial charge is 0.477 e. The molecule has 30 heavy (non-hydrogen) atoms. The van der Waals surface area contributed by atoms with E-state index in [2.05, 4.69) is 0 Å². The van der Waals surface area contributed by atoms with Crippen LogP contribution in [0.15, 0.2) is 60.7 Å². The molecule has 0 aliphatic carbocycles. The van der Waals surface area contributed by atoms with Crippen LogP contribution in [-0.4, -0.2) is 17.0 Å². The summed E-state index contributed by atoms with van der Waals surface area (Å²) in [6.45, 7) is 1.67. The molecule has 0 amide bonds. The van der Waals surface area contributed by atoms with Crippen molar-refractivity contribution in [1.29, 1.82) is 0 Å². The molecular weight excluding hydrogens is 425 g/mol. The number of aromatic nitrogens is 1. The zero-order chi connectivity index (χ0) is 21.4. The minimum Gasteiger partial charge on any atom is -0.477 e. The summed E-state index contributed by atoms with van der Waals surface area (Å²) in [5, 5.41) is 11.3. The predicted octanol–water partition coefficient (Wildman–Crippen LogP) is 5.20. The molecule has 0 saturated heterocycles. The summed E-state index contributed by atoms with van der Waals surface area (Å²) in [5.74, 6) is -1.37. The van der Waals surface area contributed by atoms with Crippen LogP contribution in [0.3, 0.4) is 0 Å². The van der Waals surface area contributed by atoms with E-state index in [1.807, 2.05) is 25.1 Å². The Balaban J connectivity index is 1.99. The van der Waals surface area contributed by atoms with Crippen molar-refractivity contribution in [2.24, 2.45) is 0 Å². The van der Waals surface area contributed by atoms with E-state index >= 15 is 0 Å². The average Bonchev–Trinajstić information content (AvgIpc) is 2.69. The van der Waals surface area contributed by atoms with Crippen molar-refractivity contribution >= 4 is 56.9 Å². The highest BCUT2D eigenvalue weighted by Gasteiger charge is 2.27. The molecule has 1 aromatic heterocycles. The Morgan fingerprint density at radius 3 is 2.43 bits per heavy atom. The van der Waals surface area contributed by atoms with Crippen LogP contribution < -0.4 is 9.30 Å². The first-order valence-electron chi connectivity index (χ1n) is 9.09. The second-order valence-corrected chi connectivity index (χ2v) is 7.70. The molecule has 0 radical (unpaired) electrons. The van der Waals surface area contributed by atoms with E-state index in [9.17, 15) is 14.7 Å². The molecular formula is C23H16Cl2NO4+. The number of halogens is 2. The van der Waals surface area contributed by atoms with Crippen LogP contribution in [0.25, 0.3) is 21.8 Å². The summed E-state index contributed by atoms with van der Waals surface area (Å²) in [6, 6.07) is 17.3. The molecule has 3 aromatic carbocycles. The predicted molar refractivity (Wildman–Crippen MR) is 115 cm³/mol. The highest BCUT2D eigenvalue weighted by Crippen LogP contribution is 2.31. The van der Waals surface area contributed by atoms with E-state index in [4.69, 9.17) is 27.9 Å². The highest BCUT2D eigenvalue weighted by molar-refractivity contribution is 6.35. The molecule has 0 unspecified atom stereocenters. The van der Waals surface area contributed by atoms with Gasteiger partial charge in [-0.2, -0.15) is 4.57 Å². The lowest BCUT2D eigenvalue weighted by Gasteiger charge is -2.12. The monoisotopic (exact) mass is 440 g/mol. The summed E-state index contributed by atoms with van der Waals surface area (Å²) >= 11 is 12.1. The first-order chi connectivity index (χ1) is 14.3. The topological polar surface area (TPSA) is 67.5 Å². The average molecular weight is 441 g/mol. The fraction of sp³-hybridized carbons (Fsp3) is 0.0870. The summed E-state index contributed by atoms with van der Waals surface area (Å²) in [6.07, 6.45) is 0. The van der Waals surface area contributed by atoms with Crippen LogP contribution in [0.1, 0.15) is 15.9 Å². The first kappa shape index (κ1) is 20.1. The normalized spacial score (nSPS) is 11.0. The molecule has 0 saturated carbocycles. The lowest BCUT2D eigenvalue weighted by molar-refractivity contribution is -0.633. The molecule has 0 bridgehead atoms. The van der Waals surface area contributed by atoms with Crippen molar-refractivity contribution in [3.63, 3.8) is 0 Å². The molecule has 4 aromatic rings. The van der Waals surface area contributed by atoms with E-state index in [1.54, 1.807) is 34.9 Å². The number of nitrogens with zero attached hydrogens (tertiary/aromatic N) is 1. The van der Waals surface area contributed by atoms with E-state index in [1.165, 1.54) is 12.1 Å². The fourth-order valence-corrected chi connectivity index (χ4v) is 3.96. The summed E-state index contributed by atoms with van der Waals surface area (Å²) < 4.78 is 7.29. The molecule has 0 fully saturated rings. The Bertz CT molecular complexity index is 1330. The number of rotatable bonds is 4. The zero-order valence-corrected chi connectivity index (χ0v) is 17.4. The maximum Gasteiger partial charge on any atom is 0.370 e. The van der Waals surface area contributed by atoms with Crippen LogP contribution in [0.2, 0.25) is 10.0 Å². The van der Waals surface area contributed by atoms with Gasteiger partial charge in [-0.1, -0.05) is 47.0 Å². The summed E-state index contributed by atoms with van der Waals surface area (Å²) in [7, 11) is 0. The SMILES string of the molecule is Cc1ccc2c(c1)c(C(=O)Oc1ccc(Cl)cc1Cl)c1ccccc1[n+]2CC(=O)O. The number of carboxylic acids is 1. The Labute approximate surface area is 182 Å². The number of fused-ring (bicyclic) bond motifs is 2. The van der Waals surface area contributed by atoms with Gasteiger partial charge in [-0.15, -0.1) is 0 Å². The van der Waals surface area contributed by atoms with Crippen molar-refractivity contribution in [3.05, 3.63) is 81.8 Å². The standard InChI is InChI=1S/C23H15Cl2NO4/c1-13-6-8-19-16(10-13)22(23(29)30-20-9-7-14(24)11-17(20)25)15-4-2-3-5-18(15)26(19)12-21(27)28/h2-11H,12H2,1H3/p+1. The third-order valence-corrected chi connectivity index (χ3v) is 5.30. The Morgan fingerprint density at radius 2 is 1.70 bits per heavy atom. The molecule has 0 aliphatic rings. The lowest BCUT2D eigenvalue weighted by Crippen LogP contribution is -2.40. The fourth-order valence-electron chi connectivity index (χ4n) is 3.52. The van der Waals surface area contributed by atoms with Gasteiger partial charge in [0.2, 0.25) is 17.6 Å². The smallest absolute Gasteiger partial charge is 0.370 e. The van der Waals surface area contributed by atoms with Crippen LogP contribution >= 0.6 is 23.2 Å². The Hall–Kier alpha value is -3.15. The van der Waals surface area contributed by atoms with Crippen molar-refractivity contribution in [2.45, 2.75) is 13.5 Å². The van der Waals surface area contributed by atoms with Crippen LogP contribution in [-0.2, 0) is 11.3 Å². The van der Waals surface area contributed by atoms with E-state index in [-0.39, 0.29) is 17.3 Å². The number of benzene rings is 3. The van der Waals surface area contributed by atoms with E-state index in [0.29, 0.717) is 32.4 Å². The number of carbonyl (C=O) groups excluding carboxylic acids is 1. The van der Waals surface area contributed by atoms with Crippen LogP contribution in [0.4, 0.5) is 0 Å². The second kappa shape index (κ2) is 7.94. The number of pyridine rings is 1. The molecule has 150 valence electrons. The van der Waals surface area contributed by atoms with Gasteiger partial charge >= 0.3 is 11.9 Å². The molecule has 0 spiro atoms. The third-order valence-electron chi connectivity index (χ3n) is 4.77. The lowest BCUT2D eigenvalue weighted by atomic mass is 10.00. The number of carbonyl (C=O) groups is 2. The van der Waals surface area contributed by atoms with Crippen molar-refractivity contribution in [1.82, 2.24) is 0 Å². The van der Waals surface area contributed by atoms with Gasteiger partial charge in [-0.25, -0.2) is 9.59 Å². The maximum absolute atomic E-state index is 13.3. The quantitative estimate of drug-likeness (QED) is 0.205. The van der Waals surface area contributed by atoms with Crippen molar-refractivity contribution < 1.29 is 24.0 Å². The molecule has 1 heterocycles. The van der Waals surface area contributed by atoms with E-state index < -0.39 is 11.9 Å². The van der Waals surface area contributed by atoms with E-state index in [0.717, 1.165) is 5.56 Å². The van der Waals surface area contributed by atoms with Crippen LogP contribution in [0.5, 0.6) is 5.75 Å². The third kappa shape index (κ3) is 3.70. The Kier molecular flexibility index (Phi) is 5.33. The zero-order valence-electron chi connectivity index (χ0n) is 15.9. The second-order valence-electron chi connectivity index (χ2n) is 6.86. The number of aliphatic carboxylic acids is 1. The Morgan fingerprint density at radius 1 is 0.967 bits per heavy atom. The van der Waals surface area contributed by atoms with Crippen LogP contribution in [0, 0.1) is 6.92 Å². The summed E-state index contributed by atoms with van der Waals surface area (Å²) in [4.78, 5) is 24.8. The highest BCUT2D eigenvalue weighted by atomic mass is 35.5. The van der Waals surface area contributed by atoms with Gasteiger partial charge < -0.3 is 9.84 Å². The molecule has 0 atom stereocenters. The number of ether oxygens (including phenoxy) is 1. The van der Waals surface area contributed by atoms with Gasteiger partial charge in [-0.05, 0) is 37.3 Å². The molecule has 0 aliphatic heterocycles. The number of aryl methyl sites for hydroxylation is 1. The van der Waals surface area contributed by atoms with Crippen molar-refractivity contribution in [3.8, 4) is 5.75 Å². The van der Waals surface area contributed by atoms with Gasteiger partial charge in [0.1, 0.15) is 5.75 Å². The molecule has 1 N–H and O–H groups in total. The molecule has 7 heteroatoms. The molecule has 4 rings (SSSR count). The summed E-state index contributed by atoms with van der Waals surface area (Å²) in [5.41, 5.74) is 2.51. The minimum absolute atomic E-state index is 0.193. The number of hydrogen-bond donors (Lipinski definition) is 1. The van der Waals surface area contributed by atoms with Gasteiger partial charge in [0.05, 0.1) is 21.4 Å². The first-order valence-corrected chi connectivity index (χ1v) is 9.84. The van der Waals surface area contributed by atoms with Gasteiger partial charge in [-0.3, -0.25) is 0 Å². The minimum atomic E-state index is -0.977. The number of carboxylic acid groups (broad SMARTS) is 1. The number of hydrogen-bond acceptors (Lipinski definition) is 3. The van der Waals surface area contributed by atoms with Gasteiger partial charge in [0.15, 0.2) is 0 Å². The van der Waals surface area contributed by atoms with Crippen molar-refractivity contribution in [2.75, 3.05) is 0 Å². The number of esters is 1. The van der Waals surface area contributed by atoms with Gasteiger partial charge in [0, 0.05) is 17.2 Å². The number of para-hydroxylation sites is 1. The maximum atomic E-state index is 13.3. The van der Waals surface area contributed by atoms with Gasteiger partial charge in [0.25, 0.3) is 0 Å².